The number of aliphatic hydroxyl groups is 1. The predicted octanol–water partition coefficient (Wildman–Crippen LogP) is 1.72. The number of aliphatic imine (C=N–C) groups is 3. The minimum Gasteiger partial charge on any atom is -0.473 e. The van der Waals surface area contributed by atoms with Gasteiger partial charge in [-0.3, -0.25) is 15.6 Å². The first-order valence-corrected chi connectivity index (χ1v) is 15.0. The van der Waals surface area contributed by atoms with Crippen LogP contribution in [0.15, 0.2) is 58.0 Å². The average Bonchev–Trinajstić information content (AvgIpc) is 3.02. The van der Waals surface area contributed by atoms with Crippen LogP contribution in [0.1, 0.15) is 31.4 Å². The number of fused-ring (bicyclic) bond motifs is 1. The smallest absolute Gasteiger partial charge is 0.207 e. The average molecular weight is 630 g/mol. The standard InChI is InChI=1S/C31H51N9O5/c1-8-15-44-23-38(18-32-19-39(21-42-6)22-43-7)14-10-9-13-31(2,3)26-11-12-27-25(16-26)17-40(24-45-27)30-35-28(33-20-41)34-29(36-30)37(4)5/h8-9,11-13,16,18,28,33,41H,1,10,14-15,17,19-24H2,2-7H3,(H,34,35,36). The molecular formula is C31H51N9O5. The molecule has 14 heteroatoms. The monoisotopic (exact) mass is 629 g/mol. The fraction of sp³-hybridized carbons (Fsp3) is 0.581. The number of allylic oxidation sites excluding steroid dienone is 1. The summed E-state index contributed by atoms with van der Waals surface area (Å²) in [6, 6.07) is 6.37. The molecule has 0 spiro atoms. The van der Waals surface area contributed by atoms with Crippen LogP contribution >= 0.6 is 0 Å². The largest absolute Gasteiger partial charge is 0.473 e. The molecule has 2 heterocycles. The van der Waals surface area contributed by atoms with Crippen molar-refractivity contribution in [2.24, 2.45) is 15.0 Å². The summed E-state index contributed by atoms with van der Waals surface area (Å²) in [6.07, 6.45) is 8.23. The molecule has 0 bridgehead atoms. The van der Waals surface area contributed by atoms with Crippen molar-refractivity contribution in [2.45, 2.75) is 38.5 Å². The molecule has 0 saturated carbocycles. The van der Waals surface area contributed by atoms with Crippen molar-refractivity contribution >= 4 is 18.3 Å². The molecule has 0 amide bonds. The molecule has 1 unspecified atom stereocenters. The molecule has 0 fully saturated rings. The molecule has 1 atom stereocenters. The first kappa shape index (κ1) is 35.9. The molecule has 0 saturated heterocycles. The maximum atomic E-state index is 9.36. The van der Waals surface area contributed by atoms with E-state index in [1.54, 1.807) is 20.3 Å². The Labute approximate surface area is 267 Å². The van der Waals surface area contributed by atoms with Gasteiger partial charge in [0.25, 0.3) is 0 Å². The Kier molecular flexibility index (Phi) is 14.7. The van der Waals surface area contributed by atoms with E-state index in [9.17, 15) is 5.11 Å². The van der Waals surface area contributed by atoms with Gasteiger partial charge in [0.15, 0.2) is 6.73 Å². The zero-order valence-corrected chi connectivity index (χ0v) is 27.6. The third-order valence-electron chi connectivity index (χ3n) is 7.01. The van der Waals surface area contributed by atoms with Crippen molar-refractivity contribution in [3.05, 3.63) is 54.1 Å². The van der Waals surface area contributed by atoms with Crippen molar-refractivity contribution in [1.29, 1.82) is 0 Å². The molecular weight excluding hydrogens is 578 g/mol. The molecule has 2 aliphatic heterocycles. The van der Waals surface area contributed by atoms with E-state index < -0.39 is 6.29 Å². The van der Waals surface area contributed by atoms with Crippen molar-refractivity contribution in [3.63, 3.8) is 0 Å². The highest BCUT2D eigenvalue weighted by molar-refractivity contribution is 5.99. The number of nitrogens with one attached hydrogen (secondary N) is 2. The number of ether oxygens (including phenoxy) is 4. The summed E-state index contributed by atoms with van der Waals surface area (Å²) in [4.78, 5) is 21.5. The van der Waals surface area contributed by atoms with Gasteiger partial charge in [-0.15, -0.1) is 6.58 Å². The third-order valence-corrected chi connectivity index (χ3v) is 7.01. The Morgan fingerprint density at radius 3 is 2.69 bits per heavy atom. The van der Waals surface area contributed by atoms with Crippen LogP contribution in [0.25, 0.3) is 0 Å². The number of nitrogens with zero attached hydrogens (tertiary/aromatic N) is 7. The highest BCUT2D eigenvalue weighted by Gasteiger charge is 2.27. The molecule has 45 heavy (non-hydrogen) atoms. The van der Waals surface area contributed by atoms with E-state index in [1.807, 2.05) is 46.1 Å². The topological polar surface area (TPSA) is 131 Å². The molecule has 0 radical (unpaired) electrons. The zero-order valence-electron chi connectivity index (χ0n) is 27.6. The second-order valence-electron chi connectivity index (χ2n) is 11.4. The zero-order chi connectivity index (χ0) is 32.7. The first-order chi connectivity index (χ1) is 21.7. The van der Waals surface area contributed by atoms with Crippen LogP contribution in [0.5, 0.6) is 5.75 Å². The molecule has 1 aromatic rings. The van der Waals surface area contributed by atoms with Gasteiger partial charge in [-0.2, -0.15) is 0 Å². The summed E-state index contributed by atoms with van der Waals surface area (Å²) in [7, 11) is 7.10. The highest BCUT2D eigenvalue weighted by atomic mass is 16.5. The van der Waals surface area contributed by atoms with Gasteiger partial charge >= 0.3 is 0 Å². The van der Waals surface area contributed by atoms with Crippen LogP contribution in [0.4, 0.5) is 0 Å². The molecule has 14 nitrogen and oxygen atoms in total. The minimum atomic E-state index is -0.586. The lowest BCUT2D eigenvalue weighted by atomic mass is 9.83. The van der Waals surface area contributed by atoms with E-state index in [4.69, 9.17) is 18.9 Å². The maximum Gasteiger partial charge on any atom is 0.207 e. The summed E-state index contributed by atoms with van der Waals surface area (Å²) in [5, 5.41) is 15.5. The molecule has 1 aromatic carbocycles. The van der Waals surface area contributed by atoms with Gasteiger partial charge in [0.2, 0.25) is 18.2 Å². The second kappa shape index (κ2) is 18.4. The highest BCUT2D eigenvalue weighted by Crippen LogP contribution is 2.32. The van der Waals surface area contributed by atoms with Gasteiger partial charge in [0.1, 0.15) is 25.9 Å². The summed E-state index contributed by atoms with van der Waals surface area (Å²) >= 11 is 0. The normalized spacial score (nSPS) is 16.8. The van der Waals surface area contributed by atoms with Crippen molar-refractivity contribution in [2.75, 3.05) is 81.8 Å². The van der Waals surface area contributed by atoms with E-state index in [1.165, 1.54) is 5.56 Å². The fourth-order valence-corrected chi connectivity index (χ4v) is 4.64. The number of methoxy groups -OCH3 is 2. The van der Waals surface area contributed by atoms with Crippen LogP contribution in [-0.2, 0) is 26.2 Å². The Balaban J connectivity index is 1.63. The molecule has 0 aromatic heterocycles. The van der Waals surface area contributed by atoms with Gasteiger partial charge in [-0.25, -0.2) is 14.9 Å². The van der Waals surface area contributed by atoms with Gasteiger partial charge in [-0.1, -0.05) is 38.1 Å². The Bertz CT molecular complexity index is 1180. The Hall–Kier alpha value is -3.53. The van der Waals surface area contributed by atoms with Crippen molar-refractivity contribution in [1.82, 2.24) is 30.2 Å². The summed E-state index contributed by atoms with van der Waals surface area (Å²) in [5.41, 5.74) is 2.04. The van der Waals surface area contributed by atoms with Gasteiger partial charge < -0.3 is 38.8 Å². The lowest BCUT2D eigenvalue weighted by molar-refractivity contribution is -0.0115. The van der Waals surface area contributed by atoms with Crippen molar-refractivity contribution in [3.8, 4) is 5.75 Å². The van der Waals surface area contributed by atoms with Crippen LogP contribution in [0.2, 0.25) is 0 Å². The molecule has 250 valence electrons. The molecule has 3 N–H and O–H groups in total. The number of aliphatic hydroxyl groups excluding tert-OH is 1. The molecule has 2 aliphatic rings. The van der Waals surface area contributed by atoms with E-state index in [0.717, 1.165) is 24.3 Å². The Morgan fingerprint density at radius 1 is 1.22 bits per heavy atom. The SMILES string of the molecule is C=CCOCN(C=NCN(COC)COC)CCC=CC(C)(C)c1ccc2c(c1)CN(C1=NC(NCO)N=C(N(C)C)N1)CO2. The van der Waals surface area contributed by atoms with Crippen LogP contribution in [0.3, 0.4) is 0 Å². The number of hydrogen-bond donors (Lipinski definition) is 3. The van der Waals surface area contributed by atoms with Gasteiger partial charge in [0, 0.05) is 45.8 Å². The fourth-order valence-electron chi connectivity index (χ4n) is 4.64. The number of hydrogen-bond acceptors (Lipinski definition) is 13. The van der Waals surface area contributed by atoms with Crippen LogP contribution in [-0.4, -0.2) is 131 Å². The maximum absolute atomic E-state index is 9.36. The lowest BCUT2D eigenvalue weighted by Gasteiger charge is -2.35. The summed E-state index contributed by atoms with van der Waals surface area (Å²) < 4.78 is 22.2. The minimum absolute atomic E-state index is 0.210. The number of guanidine groups is 2. The quantitative estimate of drug-likeness (QED) is 0.0722. The third kappa shape index (κ3) is 11.4. The van der Waals surface area contributed by atoms with E-state index >= 15 is 0 Å². The Morgan fingerprint density at radius 2 is 2.00 bits per heavy atom. The number of benzene rings is 1. The first-order valence-electron chi connectivity index (χ1n) is 15.0. The second-order valence-corrected chi connectivity index (χ2v) is 11.4. The predicted molar refractivity (Wildman–Crippen MR) is 177 cm³/mol. The van der Waals surface area contributed by atoms with Crippen LogP contribution in [0, 0.1) is 0 Å². The number of rotatable bonds is 18. The van der Waals surface area contributed by atoms with E-state index in [-0.39, 0.29) is 12.1 Å². The van der Waals surface area contributed by atoms with E-state index in [2.05, 4.69) is 70.3 Å². The van der Waals surface area contributed by atoms with Gasteiger partial charge in [0.05, 0.1) is 32.9 Å². The molecule has 0 aliphatic carbocycles. The van der Waals surface area contributed by atoms with Gasteiger partial charge in [-0.05, 0) is 24.1 Å². The van der Waals surface area contributed by atoms with Crippen LogP contribution < -0.4 is 15.4 Å². The summed E-state index contributed by atoms with van der Waals surface area (Å²) in [5.74, 6) is 2.14. The summed E-state index contributed by atoms with van der Waals surface area (Å²) in [6.45, 7) is 11.8. The van der Waals surface area contributed by atoms with E-state index in [0.29, 0.717) is 58.7 Å². The van der Waals surface area contributed by atoms with Crippen molar-refractivity contribution < 1.29 is 24.1 Å². The lowest BCUT2D eigenvalue weighted by Crippen LogP contribution is -2.54. The molecule has 3 rings (SSSR count).